The molecule has 11 heavy (non-hydrogen) atoms. The van der Waals surface area contributed by atoms with Gasteiger partial charge in [-0.2, -0.15) is 4.21 Å². The van der Waals surface area contributed by atoms with Crippen LogP contribution in [0, 0.1) is 0 Å². The van der Waals surface area contributed by atoms with Crippen molar-refractivity contribution in [3.8, 4) is 0 Å². The van der Waals surface area contributed by atoms with Gasteiger partial charge in [0.25, 0.3) is 11.4 Å². The van der Waals surface area contributed by atoms with Crippen LogP contribution in [0.4, 0.5) is 0 Å². The van der Waals surface area contributed by atoms with Crippen LogP contribution in [0.25, 0.3) is 0 Å². The first-order chi connectivity index (χ1) is 3.73. The minimum absolute atomic E-state index is 0. The third-order valence-corrected chi connectivity index (χ3v) is 0. The third kappa shape index (κ3) is 140. The molecule has 0 aliphatic heterocycles. The summed E-state index contributed by atoms with van der Waals surface area (Å²) in [4.78, 5) is 0. The molecule has 0 bridgehead atoms. The van der Waals surface area contributed by atoms with Crippen LogP contribution in [0.1, 0.15) is 0 Å². The van der Waals surface area contributed by atoms with Gasteiger partial charge in [0.1, 0.15) is 0 Å². The molecule has 0 aromatic heterocycles. The molecular weight excluding hydrogens is 270 g/mol. The number of hydrogen-bond donors (Lipinski definition) is 2. The summed E-state index contributed by atoms with van der Waals surface area (Å²) in [6.45, 7) is 0. The molecule has 0 rings (SSSR count). The van der Waals surface area contributed by atoms with Crippen molar-refractivity contribution < 1.29 is 129 Å². The molecule has 0 fully saturated rings. The Morgan fingerprint density at radius 3 is 1.27 bits per heavy atom. The second-order valence-corrected chi connectivity index (χ2v) is 3.14. The predicted octanol–water partition coefficient (Wildman–Crippen LogP) is -7.32. The van der Waals surface area contributed by atoms with E-state index in [0.717, 1.165) is 0 Å². The van der Waals surface area contributed by atoms with Crippen molar-refractivity contribution in [1.82, 2.24) is 0 Å². The van der Waals surface area contributed by atoms with E-state index in [-0.39, 0.29) is 103 Å². The minimum atomic E-state index is -4.33. The van der Waals surface area contributed by atoms with Crippen LogP contribution in [0.15, 0.2) is 0 Å². The maximum absolute atomic E-state index is 8.89. The van der Waals surface area contributed by atoms with Crippen LogP contribution < -0.4 is 103 Å². The van der Waals surface area contributed by atoms with E-state index in [1.54, 1.807) is 0 Å². The summed E-state index contributed by atoms with van der Waals surface area (Å²) >= 11 is 0.632. The van der Waals surface area contributed by atoms with E-state index in [4.69, 9.17) is 26.6 Å². The molecule has 0 radical (unpaired) electrons. The van der Waals surface area contributed by atoms with E-state index in [1.807, 2.05) is 0 Å². The van der Waals surface area contributed by atoms with E-state index in [9.17, 15) is 0 Å². The molecule has 0 aromatic carbocycles. The van der Waals surface area contributed by atoms with Crippen LogP contribution in [0.3, 0.4) is 0 Å². The molecule has 0 heterocycles. The predicted molar refractivity (Wildman–Crippen MR) is 30.5 cm³/mol. The second-order valence-electron chi connectivity index (χ2n) is 0.639. The second kappa shape index (κ2) is 13.6. The van der Waals surface area contributed by atoms with Crippen molar-refractivity contribution in [3.05, 3.63) is 0 Å². The molecule has 11 heteroatoms. The molecular formula is H2K2O6S3. The monoisotopic (exact) mass is 272 g/mol. The summed E-state index contributed by atoms with van der Waals surface area (Å²) in [5.74, 6) is 0. The smallest absolute Gasteiger partial charge is 0.780 e. The van der Waals surface area contributed by atoms with Gasteiger partial charge in [-0.05, 0) is 11.2 Å². The fraction of sp³-hybridized carbons (Fsp3) is 0. The van der Waals surface area contributed by atoms with Crippen LogP contribution >= 0.6 is 0 Å². The van der Waals surface area contributed by atoms with Gasteiger partial charge in [0, 0.05) is 0 Å². The maximum Gasteiger partial charge on any atom is 1.00 e. The molecule has 0 spiro atoms. The molecule has 0 atom stereocenters. The summed E-state index contributed by atoms with van der Waals surface area (Å²) in [7, 11) is -4.33. The van der Waals surface area contributed by atoms with Crippen LogP contribution in [0.2, 0.25) is 0 Å². The Balaban J connectivity index is -0.0000000383. The molecule has 2 N–H and O–H groups in total. The average Bonchev–Trinajstić information content (AvgIpc) is 1.19. The van der Waals surface area contributed by atoms with E-state index in [0.29, 0.717) is 0 Å². The third-order valence-electron chi connectivity index (χ3n) is 0. The van der Waals surface area contributed by atoms with Gasteiger partial charge in [0.15, 0.2) is 0 Å². The minimum Gasteiger partial charge on any atom is -0.780 e. The molecule has 0 aromatic rings. The first-order valence-electron chi connectivity index (χ1n) is 1.20. The van der Waals surface area contributed by atoms with E-state index in [1.165, 1.54) is 0 Å². The van der Waals surface area contributed by atoms with Gasteiger partial charge >= 0.3 is 103 Å². The molecule has 0 amide bonds. The SMILES string of the molecule is O=S(O)O.O=S([O-])([O-])=S.[K+].[K+]. The van der Waals surface area contributed by atoms with Crippen molar-refractivity contribution in [2.75, 3.05) is 0 Å². The van der Waals surface area contributed by atoms with Gasteiger partial charge in [-0.3, -0.25) is 13.3 Å². The van der Waals surface area contributed by atoms with Crippen molar-refractivity contribution in [2.45, 2.75) is 0 Å². The Bertz CT molecular complexity index is 158. The van der Waals surface area contributed by atoms with Gasteiger partial charge in [0.05, 0.1) is 0 Å². The van der Waals surface area contributed by atoms with Crippen LogP contribution in [-0.2, 0) is 31.6 Å². The molecule has 0 saturated carbocycles. The van der Waals surface area contributed by atoms with E-state index < -0.39 is 20.4 Å². The van der Waals surface area contributed by atoms with Crippen molar-refractivity contribution >= 4 is 31.6 Å². The fourth-order valence-electron chi connectivity index (χ4n) is 0. The Hall–Kier alpha value is 3.63. The van der Waals surface area contributed by atoms with Crippen molar-refractivity contribution in [1.29, 1.82) is 0 Å². The molecule has 0 saturated heterocycles. The van der Waals surface area contributed by atoms with Gasteiger partial charge in [-0.1, -0.05) is 0 Å². The zero-order valence-corrected chi connectivity index (χ0v) is 14.4. The first kappa shape index (κ1) is 24.1. The van der Waals surface area contributed by atoms with Crippen LogP contribution in [-0.4, -0.2) is 26.6 Å². The zero-order valence-electron chi connectivity index (χ0n) is 5.75. The Morgan fingerprint density at radius 2 is 1.27 bits per heavy atom. The summed E-state index contributed by atoms with van der Waals surface area (Å²) in [5.41, 5.74) is 0. The molecule has 0 unspecified atom stereocenters. The normalized spacial score (nSPS) is 8.45. The Labute approximate surface area is 157 Å². The fourth-order valence-corrected chi connectivity index (χ4v) is 0. The van der Waals surface area contributed by atoms with Gasteiger partial charge < -0.3 is 9.11 Å². The average molecular weight is 272 g/mol. The Morgan fingerprint density at radius 1 is 1.27 bits per heavy atom. The summed E-state index contributed by atoms with van der Waals surface area (Å²) in [6.07, 6.45) is 0. The van der Waals surface area contributed by atoms with Crippen molar-refractivity contribution in [2.24, 2.45) is 0 Å². The topological polar surface area (TPSA) is 121 Å². The van der Waals surface area contributed by atoms with E-state index in [2.05, 4.69) is 11.2 Å². The Kier molecular flexibility index (Phi) is 29.8. The standard InChI is InChI=1S/2K.H2O3S2.H2O3S/c;;1-5(2,3)4;1-4(2)3/h;;(H2,1,2,3,4);(H2,1,2,3)/q2*+1;;/p-2. The zero-order chi connectivity index (χ0) is 8.08. The van der Waals surface area contributed by atoms with E-state index >= 15 is 0 Å². The molecule has 0 aliphatic carbocycles. The quantitative estimate of drug-likeness (QED) is 0.332. The summed E-state index contributed by atoms with van der Waals surface area (Å²) in [6, 6.07) is 0. The van der Waals surface area contributed by atoms with Crippen molar-refractivity contribution in [3.63, 3.8) is 0 Å². The molecule has 58 valence electrons. The first-order valence-corrected chi connectivity index (χ1v) is 4.60. The molecule has 6 nitrogen and oxygen atoms in total. The molecule has 0 aliphatic rings. The van der Waals surface area contributed by atoms with Gasteiger partial charge in [-0.25, -0.2) is 0 Å². The number of rotatable bonds is 0. The number of hydrogen-bond acceptors (Lipinski definition) is 5. The summed E-state index contributed by atoms with van der Waals surface area (Å²) in [5, 5.41) is 0. The maximum atomic E-state index is 8.89. The van der Waals surface area contributed by atoms with Gasteiger partial charge in [0.2, 0.25) is 0 Å². The van der Waals surface area contributed by atoms with Crippen LogP contribution in [0.5, 0.6) is 0 Å². The summed E-state index contributed by atoms with van der Waals surface area (Å²) < 4.78 is 49.5. The largest absolute Gasteiger partial charge is 1.00 e. The van der Waals surface area contributed by atoms with Gasteiger partial charge in [-0.15, -0.1) is 9.05 Å².